The zero-order valence-corrected chi connectivity index (χ0v) is 14.6. The van der Waals surface area contributed by atoms with Gasteiger partial charge in [0.05, 0.1) is 12.6 Å². The molecule has 0 spiro atoms. The first-order chi connectivity index (χ1) is 12.7. The fraction of sp³-hybridized carbons (Fsp3) is 0.238. The molecule has 0 radical (unpaired) electrons. The lowest BCUT2D eigenvalue weighted by atomic mass is 10.1. The number of hydrogen-bond donors (Lipinski definition) is 2. The summed E-state index contributed by atoms with van der Waals surface area (Å²) in [6.07, 6.45) is -0.461. The van der Waals surface area contributed by atoms with E-state index in [1.807, 2.05) is 54.6 Å². The van der Waals surface area contributed by atoms with Crippen LogP contribution in [-0.2, 0) is 13.1 Å². The number of aliphatic hydroxyl groups is 1. The molecule has 26 heavy (non-hydrogen) atoms. The molecule has 3 aromatic rings. The van der Waals surface area contributed by atoms with Crippen LogP contribution in [0, 0.1) is 0 Å². The lowest BCUT2D eigenvalue weighted by molar-refractivity contribution is 0.174. The lowest BCUT2D eigenvalue weighted by Crippen LogP contribution is -2.11. The minimum absolute atomic E-state index is 0.291. The Morgan fingerprint density at radius 3 is 2.58 bits per heavy atom. The van der Waals surface area contributed by atoms with Crippen LogP contribution in [0.25, 0.3) is 11.3 Å². The number of fused-ring (bicyclic) bond motifs is 1. The van der Waals surface area contributed by atoms with Crippen LogP contribution in [0.15, 0.2) is 59.0 Å². The molecule has 5 nitrogen and oxygen atoms in total. The predicted molar refractivity (Wildman–Crippen MR) is 97.9 cm³/mol. The SMILES string of the molecule is CC(O)c1ccc(-c2ccc(CNCc3ccc4c(c3)OCO4)o2)cc1. The number of benzene rings is 2. The van der Waals surface area contributed by atoms with Gasteiger partial charge >= 0.3 is 0 Å². The number of hydrogen-bond acceptors (Lipinski definition) is 5. The summed E-state index contributed by atoms with van der Waals surface area (Å²) in [4.78, 5) is 0. The molecule has 1 atom stereocenters. The van der Waals surface area contributed by atoms with Gasteiger partial charge in [-0.2, -0.15) is 0 Å². The van der Waals surface area contributed by atoms with Crippen LogP contribution in [0.3, 0.4) is 0 Å². The zero-order valence-electron chi connectivity index (χ0n) is 14.6. The highest BCUT2D eigenvalue weighted by atomic mass is 16.7. The number of rotatable bonds is 6. The van der Waals surface area contributed by atoms with Crippen molar-refractivity contribution in [3.63, 3.8) is 0 Å². The Balaban J connectivity index is 1.35. The molecule has 0 saturated heterocycles. The van der Waals surface area contributed by atoms with E-state index in [1.165, 1.54) is 0 Å². The molecule has 1 aliphatic rings. The summed E-state index contributed by atoms with van der Waals surface area (Å²) in [6.45, 7) is 3.40. The van der Waals surface area contributed by atoms with Crippen molar-refractivity contribution in [3.05, 3.63) is 71.5 Å². The van der Waals surface area contributed by atoms with Gasteiger partial charge < -0.3 is 24.3 Å². The number of ether oxygens (including phenoxy) is 2. The van der Waals surface area contributed by atoms with Crippen molar-refractivity contribution in [2.75, 3.05) is 6.79 Å². The minimum atomic E-state index is -0.461. The highest BCUT2D eigenvalue weighted by Crippen LogP contribution is 2.32. The van der Waals surface area contributed by atoms with E-state index in [-0.39, 0.29) is 0 Å². The Labute approximate surface area is 152 Å². The molecular weight excluding hydrogens is 330 g/mol. The quantitative estimate of drug-likeness (QED) is 0.702. The third kappa shape index (κ3) is 3.59. The molecule has 1 aromatic heterocycles. The third-order valence-corrected chi connectivity index (χ3v) is 4.40. The minimum Gasteiger partial charge on any atom is -0.460 e. The van der Waals surface area contributed by atoms with Gasteiger partial charge in [-0.3, -0.25) is 0 Å². The molecule has 2 aromatic carbocycles. The van der Waals surface area contributed by atoms with Gasteiger partial charge in [-0.1, -0.05) is 30.3 Å². The first-order valence-electron chi connectivity index (χ1n) is 8.65. The van der Waals surface area contributed by atoms with Gasteiger partial charge in [-0.15, -0.1) is 0 Å². The molecule has 0 saturated carbocycles. The maximum Gasteiger partial charge on any atom is 0.231 e. The molecular formula is C21H21NO4. The van der Waals surface area contributed by atoms with E-state index in [0.29, 0.717) is 13.3 Å². The van der Waals surface area contributed by atoms with Gasteiger partial charge in [-0.05, 0) is 42.3 Å². The Bertz CT molecular complexity index is 883. The molecule has 0 amide bonds. The van der Waals surface area contributed by atoms with Crippen LogP contribution < -0.4 is 14.8 Å². The Hall–Kier alpha value is -2.76. The highest BCUT2D eigenvalue weighted by molar-refractivity contribution is 5.58. The van der Waals surface area contributed by atoms with Crippen LogP contribution in [0.2, 0.25) is 0 Å². The van der Waals surface area contributed by atoms with E-state index in [9.17, 15) is 5.11 Å². The number of nitrogens with one attached hydrogen (secondary N) is 1. The van der Waals surface area contributed by atoms with Crippen molar-refractivity contribution >= 4 is 0 Å². The normalized spacial score (nSPS) is 13.8. The fourth-order valence-corrected chi connectivity index (χ4v) is 2.93. The zero-order chi connectivity index (χ0) is 17.9. The van der Waals surface area contributed by atoms with Crippen molar-refractivity contribution in [1.29, 1.82) is 0 Å². The fourth-order valence-electron chi connectivity index (χ4n) is 2.93. The summed E-state index contributed by atoms with van der Waals surface area (Å²) in [5.74, 6) is 3.29. The molecule has 5 heteroatoms. The Morgan fingerprint density at radius 2 is 1.77 bits per heavy atom. The summed E-state index contributed by atoms with van der Waals surface area (Å²) in [7, 11) is 0. The average Bonchev–Trinajstić information content (AvgIpc) is 3.30. The Kier molecular flexibility index (Phi) is 4.65. The largest absolute Gasteiger partial charge is 0.460 e. The maximum atomic E-state index is 9.59. The lowest BCUT2D eigenvalue weighted by Gasteiger charge is -2.05. The first-order valence-corrected chi connectivity index (χ1v) is 8.65. The molecule has 0 fully saturated rings. The van der Waals surface area contributed by atoms with Crippen molar-refractivity contribution < 1.29 is 19.0 Å². The van der Waals surface area contributed by atoms with E-state index in [4.69, 9.17) is 13.9 Å². The van der Waals surface area contributed by atoms with E-state index in [1.54, 1.807) is 6.92 Å². The van der Waals surface area contributed by atoms with E-state index in [0.717, 1.165) is 46.3 Å². The van der Waals surface area contributed by atoms with Crippen LogP contribution in [-0.4, -0.2) is 11.9 Å². The molecule has 0 bridgehead atoms. The average molecular weight is 351 g/mol. The van der Waals surface area contributed by atoms with Gasteiger partial charge in [0.2, 0.25) is 6.79 Å². The van der Waals surface area contributed by atoms with Crippen LogP contribution in [0.4, 0.5) is 0 Å². The molecule has 1 aliphatic heterocycles. The number of furan rings is 1. The van der Waals surface area contributed by atoms with Gasteiger partial charge in [0.1, 0.15) is 11.5 Å². The molecule has 2 heterocycles. The Morgan fingerprint density at radius 1 is 0.962 bits per heavy atom. The van der Waals surface area contributed by atoms with Crippen LogP contribution in [0.5, 0.6) is 11.5 Å². The van der Waals surface area contributed by atoms with Gasteiger partial charge in [0.25, 0.3) is 0 Å². The van der Waals surface area contributed by atoms with Crippen molar-refractivity contribution in [2.24, 2.45) is 0 Å². The summed E-state index contributed by atoms with van der Waals surface area (Å²) in [5, 5.41) is 13.0. The molecule has 2 N–H and O–H groups in total. The van der Waals surface area contributed by atoms with Crippen molar-refractivity contribution in [3.8, 4) is 22.8 Å². The monoisotopic (exact) mass is 351 g/mol. The van der Waals surface area contributed by atoms with Crippen LogP contribution in [0.1, 0.15) is 29.9 Å². The molecule has 0 aliphatic carbocycles. The topological polar surface area (TPSA) is 63.9 Å². The van der Waals surface area contributed by atoms with Crippen molar-refractivity contribution in [2.45, 2.75) is 26.1 Å². The summed E-state index contributed by atoms with van der Waals surface area (Å²) in [5.41, 5.74) is 3.03. The van der Waals surface area contributed by atoms with E-state index in [2.05, 4.69) is 5.32 Å². The second-order valence-electron chi connectivity index (χ2n) is 6.36. The highest BCUT2D eigenvalue weighted by Gasteiger charge is 2.13. The van der Waals surface area contributed by atoms with Gasteiger partial charge in [0.15, 0.2) is 11.5 Å². The van der Waals surface area contributed by atoms with E-state index >= 15 is 0 Å². The van der Waals surface area contributed by atoms with E-state index < -0.39 is 6.10 Å². The van der Waals surface area contributed by atoms with Crippen molar-refractivity contribution in [1.82, 2.24) is 5.32 Å². The third-order valence-electron chi connectivity index (χ3n) is 4.40. The van der Waals surface area contributed by atoms with Gasteiger partial charge in [0, 0.05) is 12.1 Å². The molecule has 1 unspecified atom stereocenters. The second-order valence-corrected chi connectivity index (χ2v) is 6.36. The second kappa shape index (κ2) is 7.23. The summed E-state index contributed by atoms with van der Waals surface area (Å²) >= 11 is 0. The molecule has 134 valence electrons. The number of aliphatic hydroxyl groups excluding tert-OH is 1. The molecule has 4 rings (SSSR count). The van der Waals surface area contributed by atoms with Gasteiger partial charge in [-0.25, -0.2) is 0 Å². The smallest absolute Gasteiger partial charge is 0.231 e. The maximum absolute atomic E-state index is 9.59. The summed E-state index contributed by atoms with van der Waals surface area (Å²) in [6, 6.07) is 17.7. The summed E-state index contributed by atoms with van der Waals surface area (Å²) < 4.78 is 16.6. The predicted octanol–water partition coefficient (Wildman–Crippen LogP) is 4.02. The van der Waals surface area contributed by atoms with Crippen LogP contribution >= 0.6 is 0 Å². The standard InChI is InChI=1S/C21H21NO4/c1-14(23)16-3-5-17(6-4-16)19-9-7-18(26-19)12-22-11-15-2-8-20-21(10-15)25-13-24-20/h2-10,14,22-23H,11-13H2,1H3. The first kappa shape index (κ1) is 16.7.